The number of H-pyrrole nitrogens is 1. The van der Waals surface area contributed by atoms with Crippen molar-refractivity contribution in [3.8, 4) is 22.6 Å². The van der Waals surface area contributed by atoms with Gasteiger partial charge in [0.05, 0.1) is 24.3 Å². The fourth-order valence-corrected chi connectivity index (χ4v) is 4.23. The van der Waals surface area contributed by atoms with Gasteiger partial charge in [-0.2, -0.15) is 0 Å². The average molecular weight is 520 g/mol. The number of aliphatic hydroxyl groups is 1. The van der Waals surface area contributed by atoms with Crippen molar-refractivity contribution in [2.75, 3.05) is 13.2 Å². The molecule has 0 saturated carbocycles. The van der Waals surface area contributed by atoms with Crippen LogP contribution in [0.15, 0.2) is 68.2 Å². The Balaban J connectivity index is 0.000000786. The number of aromatic carboxylic acids is 1. The van der Waals surface area contributed by atoms with Crippen molar-refractivity contribution in [2.24, 2.45) is 16.0 Å². The van der Waals surface area contributed by atoms with Gasteiger partial charge in [0.25, 0.3) is 5.56 Å². The number of fused-ring (bicyclic) bond motifs is 1. The number of phenolic OH excluding ortho intramolecular Hbond substituents is 1. The molecule has 11 heteroatoms. The third-order valence-electron chi connectivity index (χ3n) is 6.15. The van der Waals surface area contributed by atoms with Crippen molar-refractivity contribution in [1.82, 2.24) is 9.78 Å². The number of aliphatic hydroxyl groups excluding tert-OH is 1. The number of nitrogens with zero attached hydrogens (tertiary/aromatic N) is 3. The molecule has 0 atom stereocenters. The normalized spacial score (nSPS) is 12.7. The van der Waals surface area contributed by atoms with Gasteiger partial charge in [0.2, 0.25) is 5.76 Å². The summed E-state index contributed by atoms with van der Waals surface area (Å²) in [6.07, 6.45) is 5.64. The summed E-state index contributed by atoms with van der Waals surface area (Å²) < 4.78 is 6.45. The highest BCUT2D eigenvalue weighted by Crippen LogP contribution is 2.38. The number of para-hydroxylation sites is 1. The van der Waals surface area contributed by atoms with Crippen molar-refractivity contribution in [3.05, 3.63) is 81.7 Å². The number of nitrogens with one attached hydrogen (secondary N) is 1. The van der Waals surface area contributed by atoms with E-state index in [1.807, 2.05) is 12.1 Å². The van der Waals surface area contributed by atoms with Gasteiger partial charge in [0.1, 0.15) is 5.69 Å². The zero-order chi connectivity index (χ0) is 27.2. The highest BCUT2D eigenvalue weighted by atomic mass is 16.4. The first-order valence-corrected chi connectivity index (χ1v) is 12.1. The molecule has 198 valence electrons. The highest BCUT2D eigenvalue weighted by Gasteiger charge is 2.17. The van der Waals surface area contributed by atoms with E-state index in [-0.39, 0.29) is 35.1 Å². The Hall–Kier alpha value is -4.48. The van der Waals surface area contributed by atoms with Crippen LogP contribution in [0.2, 0.25) is 0 Å². The quantitative estimate of drug-likeness (QED) is 0.235. The maximum atomic E-state index is 13.1. The van der Waals surface area contributed by atoms with Crippen LogP contribution in [0, 0.1) is 6.92 Å². The van der Waals surface area contributed by atoms with Gasteiger partial charge >= 0.3 is 5.97 Å². The molecule has 0 amide bonds. The van der Waals surface area contributed by atoms with E-state index in [9.17, 15) is 14.7 Å². The zero-order valence-electron chi connectivity index (χ0n) is 20.8. The van der Waals surface area contributed by atoms with Crippen LogP contribution in [0.25, 0.3) is 16.8 Å². The van der Waals surface area contributed by atoms with Crippen LogP contribution in [0.5, 0.6) is 5.75 Å². The molecule has 0 fully saturated rings. The monoisotopic (exact) mass is 519 g/mol. The Morgan fingerprint density at radius 3 is 2.55 bits per heavy atom. The largest absolute Gasteiger partial charge is 0.505 e. The Morgan fingerprint density at radius 2 is 1.87 bits per heavy atom. The van der Waals surface area contributed by atoms with Crippen LogP contribution in [-0.4, -0.2) is 44.2 Å². The average Bonchev–Trinajstić information content (AvgIpc) is 3.53. The number of aromatic hydroxyl groups is 1. The van der Waals surface area contributed by atoms with Gasteiger partial charge in [-0.3, -0.25) is 9.89 Å². The summed E-state index contributed by atoms with van der Waals surface area (Å²) >= 11 is 0. The summed E-state index contributed by atoms with van der Waals surface area (Å²) in [5.74, 6) is -1.65. The number of aromatic nitrogens is 2. The molecular weight excluding hydrogens is 490 g/mol. The van der Waals surface area contributed by atoms with Gasteiger partial charge in [0, 0.05) is 17.7 Å². The first kappa shape index (κ1) is 26.6. The van der Waals surface area contributed by atoms with Crippen LogP contribution in [0.4, 0.5) is 11.4 Å². The van der Waals surface area contributed by atoms with E-state index >= 15 is 0 Å². The SMILES string of the molecule is Cc1[nH]n(-c2ccc3c(c2)CCCC3)c(=O)c1N=Nc1cccc(-c2coc(C(=O)O)c2)c1O.NCCO. The number of benzene rings is 2. The van der Waals surface area contributed by atoms with Crippen LogP contribution in [0.1, 0.15) is 40.2 Å². The first-order chi connectivity index (χ1) is 18.3. The Labute approximate surface area is 217 Å². The minimum atomic E-state index is -1.21. The second-order valence-corrected chi connectivity index (χ2v) is 8.78. The number of nitrogens with two attached hydrogens (primary N) is 1. The number of phenols is 1. The predicted molar refractivity (Wildman–Crippen MR) is 141 cm³/mol. The molecule has 0 aliphatic heterocycles. The van der Waals surface area contributed by atoms with E-state index in [4.69, 9.17) is 20.4 Å². The van der Waals surface area contributed by atoms with Gasteiger partial charge in [-0.25, -0.2) is 9.48 Å². The molecule has 0 bridgehead atoms. The number of aryl methyl sites for hydroxylation is 3. The van der Waals surface area contributed by atoms with E-state index in [2.05, 4.69) is 21.4 Å². The number of aromatic amines is 1. The van der Waals surface area contributed by atoms with E-state index < -0.39 is 5.97 Å². The van der Waals surface area contributed by atoms with E-state index in [0.29, 0.717) is 23.4 Å². The maximum absolute atomic E-state index is 13.1. The number of furan rings is 1. The molecule has 1 aliphatic rings. The third-order valence-corrected chi connectivity index (χ3v) is 6.15. The summed E-state index contributed by atoms with van der Waals surface area (Å²) in [5.41, 5.74) is 9.32. The lowest BCUT2D eigenvalue weighted by atomic mass is 9.91. The second-order valence-electron chi connectivity index (χ2n) is 8.78. The van der Waals surface area contributed by atoms with Gasteiger partial charge in [0.15, 0.2) is 11.4 Å². The Kier molecular flexibility index (Phi) is 8.19. The molecule has 5 rings (SSSR count). The molecule has 0 saturated heterocycles. The molecule has 1 aliphatic carbocycles. The predicted octanol–water partition coefficient (Wildman–Crippen LogP) is 4.37. The molecule has 4 aromatic rings. The number of rotatable bonds is 6. The maximum Gasteiger partial charge on any atom is 0.371 e. The van der Waals surface area contributed by atoms with Gasteiger partial charge < -0.3 is 25.5 Å². The van der Waals surface area contributed by atoms with Gasteiger partial charge in [-0.15, -0.1) is 10.2 Å². The van der Waals surface area contributed by atoms with Crippen molar-refractivity contribution >= 4 is 17.3 Å². The summed E-state index contributed by atoms with van der Waals surface area (Å²) in [5, 5.41) is 38.7. The lowest BCUT2D eigenvalue weighted by Crippen LogP contribution is -2.15. The summed E-state index contributed by atoms with van der Waals surface area (Å²) in [7, 11) is 0. The number of azo groups is 1. The lowest BCUT2D eigenvalue weighted by molar-refractivity contribution is 0.0662. The van der Waals surface area contributed by atoms with Crippen LogP contribution in [-0.2, 0) is 12.8 Å². The van der Waals surface area contributed by atoms with Gasteiger partial charge in [-0.05, 0) is 68.0 Å². The molecule has 0 spiro atoms. The minimum absolute atomic E-state index is 0.0972. The number of hydrogen-bond acceptors (Lipinski definition) is 8. The lowest BCUT2D eigenvalue weighted by Gasteiger charge is -2.16. The fraction of sp³-hybridized carbons (Fsp3) is 0.259. The summed E-state index contributed by atoms with van der Waals surface area (Å²) in [4.78, 5) is 24.1. The number of carboxylic acid groups (broad SMARTS) is 1. The molecule has 38 heavy (non-hydrogen) atoms. The van der Waals surface area contributed by atoms with Crippen molar-refractivity contribution in [1.29, 1.82) is 0 Å². The van der Waals surface area contributed by atoms with Gasteiger partial charge in [-0.1, -0.05) is 18.2 Å². The topological polar surface area (TPSA) is 179 Å². The standard InChI is InChI=1S/C25H22N4O5.C2H7NO/c1-14-22(24(31)29(28-14)18-10-9-15-5-2-3-6-16(15)11-18)27-26-20-8-4-7-19(23(20)30)17-12-21(25(32)33)34-13-17;3-1-2-4/h4,7-13,28,30H,2-3,5-6H2,1H3,(H,32,33);4H,1-3H2. The van der Waals surface area contributed by atoms with Crippen molar-refractivity contribution in [2.45, 2.75) is 32.6 Å². The molecule has 2 aromatic heterocycles. The zero-order valence-corrected chi connectivity index (χ0v) is 20.8. The molecular formula is C27H29N5O6. The molecule has 2 aromatic carbocycles. The second kappa shape index (κ2) is 11.7. The first-order valence-electron chi connectivity index (χ1n) is 12.1. The van der Waals surface area contributed by atoms with E-state index in [0.717, 1.165) is 24.9 Å². The number of hydrogen-bond donors (Lipinski definition) is 5. The van der Waals surface area contributed by atoms with Crippen LogP contribution in [0.3, 0.4) is 0 Å². The number of carboxylic acids is 1. The number of carbonyl (C=O) groups is 1. The molecule has 6 N–H and O–H groups in total. The highest BCUT2D eigenvalue weighted by molar-refractivity contribution is 5.87. The molecule has 0 unspecified atom stereocenters. The van der Waals surface area contributed by atoms with Crippen molar-refractivity contribution < 1.29 is 24.5 Å². The molecule has 2 heterocycles. The van der Waals surface area contributed by atoms with Crippen LogP contribution < -0.4 is 11.3 Å². The summed E-state index contributed by atoms with van der Waals surface area (Å²) in [6.45, 7) is 2.21. The van der Waals surface area contributed by atoms with E-state index in [1.165, 1.54) is 34.6 Å². The smallest absolute Gasteiger partial charge is 0.371 e. The van der Waals surface area contributed by atoms with Crippen LogP contribution >= 0.6 is 0 Å². The molecule has 11 nitrogen and oxygen atoms in total. The van der Waals surface area contributed by atoms with E-state index in [1.54, 1.807) is 25.1 Å². The molecule has 0 radical (unpaired) electrons. The summed E-state index contributed by atoms with van der Waals surface area (Å²) in [6, 6.07) is 12.1. The Morgan fingerprint density at radius 1 is 1.13 bits per heavy atom. The fourth-order valence-electron chi connectivity index (χ4n) is 4.23. The minimum Gasteiger partial charge on any atom is -0.505 e. The third kappa shape index (κ3) is 5.58. The Bertz CT molecular complexity index is 1530. The van der Waals surface area contributed by atoms with Crippen molar-refractivity contribution in [3.63, 3.8) is 0 Å².